The molecule has 170 valence electrons. The van der Waals surface area contributed by atoms with E-state index in [0.29, 0.717) is 47.1 Å². The second kappa shape index (κ2) is 9.19. The summed E-state index contributed by atoms with van der Waals surface area (Å²) in [5.74, 6) is 6.85. The molecule has 1 aliphatic heterocycles. The van der Waals surface area contributed by atoms with Crippen LogP contribution in [-0.2, 0) is 4.79 Å². The van der Waals surface area contributed by atoms with Gasteiger partial charge in [0.2, 0.25) is 0 Å². The molecule has 0 saturated carbocycles. The van der Waals surface area contributed by atoms with E-state index in [1.165, 1.54) is 6.33 Å². The van der Waals surface area contributed by atoms with Gasteiger partial charge in [-0.1, -0.05) is 24.1 Å². The summed E-state index contributed by atoms with van der Waals surface area (Å²) in [6, 6.07) is 13.3. The molecule has 3 aromatic heterocycles. The number of piperidine rings is 1. The maximum absolute atomic E-state index is 12.1. The predicted molar refractivity (Wildman–Crippen MR) is 128 cm³/mol. The minimum Gasteiger partial charge on any atom is -0.456 e. The molecule has 4 aromatic rings. The topological polar surface area (TPSA) is 112 Å². The van der Waals surface area contributed by atoms with Crippen LogP contribution in [0.4, 0.5) is 5.82 Å². The first-order valence-electron chi connectivity index (χ1n) is 11.0. The number of carbonyl (C=O) groups is 1. The molecule has 0 unspecified atom stereocenters. The minimum atomic E-state index is -0.138. The summed E-state index contributed by atoms with van der Waals surface area (Å²) < 4.78 is 7.74. The number of pyridine rings is 1. The molecular formula is C25H23N7O2. The van der Waals surface area contributed by atoms with Gasteiger partial charge in [-0.2, -0.15) is 5.10 Å². The highest BCUT2D eigenvalue weighted by Crippen LogP contribution is 2.34. The number of carbonyl (C=O) groups excluding carboxylic acids is 1. The van der Waals surface area contributed by atoms with E-state index in [0.717, 1.165) is 18.6 Å². The molecule has 9 nitrogen and oxygen atoms in total. The monoisotopic (exact) mass is 453 g/mol. The van der Waals surface area contributed by atoms with Gasteiger partial charge in [0.15, 0.2) is 5.65 Å². The SMILES string of the molecule is CC#CC(=O)N1CCC(n2nc(-c3ccc(Oc4ccccc4)cn3)c3c(N)ncnc32)CC1. The molecule has 0 atom stereocenters. The number of nitrogens with two attached hydrogens (primary N) is 1. The first-order chi connectivity index (χ1) is 16.6. The van der Waals surface area contributed by atoms with Gasteiger partial charge in [0.25, 0.3) is 5.91 Å². The second-order valence-corrected chi connectivity index (χ2v) is 7.94. The number of hydrogen-bond donors (Lipinski definition) is 1. The molecule has 2 N–H and O–H groups in total. The molecule has 5 rings (SSSR count). The number of anilines is 1. The van der Waals surface area contributed by atoms with Crippen LogP contribution in [0.2, 0.25) is 0 Å². The number of rotatable bonds is 4. The zero-order valence-electron chi connectivity index (χ0n) is 18.7. The standard InChI is InChI=1S/C25H23N7O2/c1-2-6-21(33)31-13-11-17(12-14-31)32-25-22(24(26)28-16-29-25)23(30-32)20-10-9-19(15-27-20)34-18-7-4-3-5-8-18/h3-5,7-10,15-17H,11-14H2,1H3,(H2,26,28,29). The van der Waals surface area contributed by atoms with E-state index in [2.05, 4.69) is 26.8 Å². The van der Waals surface area contributed by atoms with Crippen molar-refractivity contribution < 1.29 is 9.53 Å². The van der Waals surface area contributed by atoms with Crippen LogP contribution >= 0.6 is 0 Å². The molecule has 0 spiro atoms. The largest absolute Gasteiger partial charge is 0.456 e. The Hall–Kier alpha value is -4.45. The van der Waals surface area contributed by atoms with Crippen LogP contribution < -0.4 is 10.5 Å². The Morgan fingerprint density at radius 1 is 1.06 bits per heavy atom. The molecule has 1 saturated heterocycles. The van der Waals surface area contributed by atoms with E-state index in [4.69, 9.17) is 15.6 Å². The third kappa shape index (κ3) is 4.13. The van der Waals surface area contributed by atoms with Crippen molar-refractivity contribution in [3.63, 3.8) is 0 Å². The number of ether oxygens (including phenoxy) is 1. The van der Waals surface area contributed by atoms with E-state index >= 15 is 0 Å². The van der Waals surface area contributed by atoms with E-state index in [9.17, 15) is 4.79 Å². The van der Waals surface area contributed by atoms with Crippen molar-refractivity contribution in [3.05, 3.63) is 55.0 Å². The lowest BCUT2D eigenvalue weighted by atomic mass is 10.1. The van der Waals surface area contributed by atoms with Crippen LogP contribution in [0.25, 0.3) is 22.4 Å². The Labute approximate surface area is 196 Å². The molecule has 1 aliphatic rings. The van der Waals surface area contributed by atoms with Gasteiger partial charge in [-0.3, -0.25) is 9.78 Å². The van der Waals surface area contributed by atoms with E-state index < -0.39 is 0 Å². The summed E-state index contributed by atoms with van der Waals surface area (Å²) in [5.41, 5.74) is 8.17. The molecule has 1 fully saturated rings. The zero-order valence-corrected chi connectivity index (χ0v) is 18.7. The first kappa shape index (κ1) is 21.4. The van der Waals surface area contributed by atoms with Crippen molar-refractivity contribution in [1.29, 1.82) is 0 Å². The number of hydrogen-bond acceptors (Lipinski definition) is 7. The smallest absolute Gasteiger partial charge is 0.298 e. The van der Waals surface area contributed by atoms with Crippen molar-refractivity contribution in [2.75, 3.05) is 18.8 Å². The molecule has 0 radical (unpaired) electrons. The van der Waals surface area contributed by atoms with Gasteiger partial charge >= 0.3 is 0 Å². The van der Waals surface area contributed by atoms with Gasteiger partial charge in [0.1, 0.15) is 29.3 Å². The van der Waals surface area contributed by atoms with Crippen LogP contribution in [0.3, 0.4) is 0 Å². The van der Waals surface area contributed by atoms with Crippen LogP contribution in [0.15, 0.2) is 55.0 Å². The molecule has 1 amide bonds. The van der Waals surface area contributed by atoms with Crippen LogP contribution in [0.1, 0.15) is 25.8 Å². The molecule has 1 aromatic carbocycles. The number of para-hydroxylation sites is 1. The Kier molecular flexibility index (Phi) is 5.79. The first-order valence-corrected chi connectivity index (χ1v) is 11.0. The fourth-order valence-corrected chi connectivity index (χ4v) is 4.13. The molecule has 4 heterocycles. The Bertz CT molecular complexity index is 1380. The Balaban J connectivity index is 1.44. The summed E-state index contributed by atoms with van der Waals surface area (Å²) in [4.78, 5) is 27.1. The van der Waals surface area contributed by atoms with E-state index in [-0.39, 0.29) is 11.9 Å². The third-order valence-electron chi connectivity index (χ3n) is 5.81. The average Bonchev–Trinajstić information content (AvgIpc) is 3.26. The van der Waals surface area contributed by atoms with Crippen LogP contribution in [0, 0.1) is 11.8 Å². The van der Waals surface area contributed by atoms with Crippen molar-refractivity contribution in [1.82, 2.24) is 29.6 Å². The lowest BCUT2D eigenvalue weighted by Crippen LogP contribution is -2.38. The third-order valence-corrected chi connectivity index (χ3v) is 5.81. The number of nitrogen functional groups attached to an aromatic ring is 1. The summed E-state index contributed by atoms with van der Waals surface area (Å²) in [5, 5.41) is 5.53. The highest BCUT2D eigenvalue weighted by molar-refractivity contribution is 5.97. The quantitative estimate of drug-likeness (QED) is 0.471. The van der Waals surface area contributed by atoms with Crippen LogP contribution in [-0.4, -0.2) is 48.6 Å². The number of likely N-dealkylation sites (tertiary alicyclic amines) is 1. The number of benzene rings is 1. The Morgan fingerprint density at radius 3 is 2.56 bits per heavy atom. The second-order valence-electron chi connectivity index (χ2n) is 7.94. The maximum Gasteiger partial charge on any atom is 0.298 e. The van der Waals surface area contributed by atoms with Crippen molar-refractivity contribution in [3.8, 4) is 34.7 Å². The predicted octanol–water partition coefficient (Wildman–Crippen LogP) is 3.45. The fourth-order valence-electron chi connectivity index (χ4n) is 4.13. The summed E-state index contributed by atoms with van der Waals surface area (Å²) in [6.45, 7) is 2.89. The lowest BCUT2D eigenvalue weighted by Gasteiger charge is -2.30. The molecule has 0 aliphatic carbocycles. The minimum absolute atomic E-state index is 0.0740. The molecule has 34 heavy (non-hydrogen) atoms. The highest BCUT2D eigenvalue weighted by Gasteiger charge is 2.27. The van der Waals surface area contributed by atoms with Crippen LogP contribution in [0.5, 0.6) is 11.5 Å². The maximum atomic E-state index is 12.1. The molecule has 0 bridgehead atoms. The van der Waals surface area contributed by atoms with E-state index in [1.807, 2.05) is 47.1 Å². The van der Waals surface area contributed by atoms with Crippen molar-refractivity contribution in [2.45, 2.75) is 25.8 Å². The van der Waals surface area contributed by atoms with Gasteiger partial charge in [-0.25, -0.2) is 14.6 Å². The van der Waals surface area contributed by atoms with Gasteiger partial charge in [-0.05, 0) is 50.0 Å². The van der Waals surface area contributed by atoms with Gasteiger partial charge < -0.3 is 15.4 Å². The van der Waals surface area contributed by atoms with Gasteiger partial charge in [0, 0.05) is 13.1 Å². The Morgan fingerprint density at radius 2 is 1.85 bits per heavy atom. The number of fused-ring (bicyclic) bond motifs is 1. The average molecular weight is 454 g/mol. The van der Waals surface area contributed by atoms with Crippen molar-refractivity contribution >= 4 is 22.8 Å². The summed E-state index contributed by atoms with van der Waals surface area (Å²) in [7, 11) is 0. The van der Waals surface area contributed by atoms with Gasteiger partial charge in [0.05, 0.1) is 23.3 Å². The summed E-state index contributed by atoms with van der Waals surface area (Å²) in [6.07, 6.45) is 4.59. The molecular weight excluding hydrogens is 430 g/mol. The number of nitrogens with zero attached hydrogens (tertiary/aromatic N) is 6. The molecule has 9 heteroatoms. The van der Waals surface area contributed by atoms with Gasteiger partial charge in [-0.15, -0.1) is 0 Å². The number of aromatic nitrogens is 5. The van der Waals surface area contributed by atoms with E-state index in [1.54, 1.807) is 18.0 Å². The van der Waals surface area contributed by atoms with Crippen molar-refractivity contribution in [2.24, 2.45) is 0 Å². The fraction of sp³-hybridized carbons (Fsp3) is 0.240. The lowest BCUT2D eigenvalue weighted by molar-refractivity contribution is -0.126. The number of amides is 1. The zero-order chi connectivity index (χ0) is 23.5. The highest BCUT2D eigenvalue weighted by atomic mass is 16.5. The normalized spacial score (nSPS) is 14.0. The summed E-state index contributed by atoms with van der Waals surface area (Å²) >= 11 is 0.